The summed E-state index contributed by atoms with van der Waals surface area (Å²) < 4.78 is 0. The van der Waals surface area contributed by atoms with E-state index in [0.29, 0.717) is 0 Å². The van der Waals surface area contributed by atoms with Gasteiger partial charge in [0.05, 0.1) is 0 Å². The molecule has 0 heterocycles. The summed E-state index contributed by atoms with van der Waals surface area (Å²) in [7, 11) is 0. The van der Waals surface area contributed by atoms with Gasteiger partial charge in [0.15, 0.2) is 0 Å². The molecule has 0 spiro atoms. The second-order valence-corrected chi connectivity index (χ2v) is 0. The molecule has 0 aromatic heterocycles. The van der Waals surface area contributed by atoms with E-state index in [0.717, 1.165) is 0 Å². The maximum Gasteiger partial charge on any atom is 0 e. The minimum Gasteiger partial charge on any atom is -0.147 e. The molecule has 0 N–H and O–H groups in total. The van der Waals surface area contributed by atoms with Crippen LogP contribution in [0.3, 0.4) is 0 Å². The van der Waals surface area contributed by atoms with E-state index in [1.54, 1.807) is 0 Å². The molecule has 0 aromatic carbocycles. The smallest absolute Gasteiger partial charge is 0 e. The summed E-state index contributed by atoms with van der Waals surface area (Å²) >= 11 is 0. The van der Waals surface area contributed by atoms with E-state index < -0.39 is 0 Å². The first-order valence-electron chi connectivity index (χ1n) is 0. The van der Waals surface area contributed by atoms with Crippen LogP contribution >= 0.6 is 37.2 Å². The van der Waals surface area contributed by atoms with Crippen LogP contribution in [0.1, 0.15) is 0 Å². The predicted octanol–water partition coefficient (Wildman–Crippen LogP) is 0.885. The SMILES string of the molecule is Cl.Cl.Cl.[Po]. The molecule has 0 amide bonds. The topological polar surface area (TPSA) is 0 Å². The molecule has 0 fully saturated rings. The summed E-state index contributed by atoms with van der Waals surface area (Å²) in [6.07, 6.45) is 0. The van der Waals surface area contributed by atoms with Gasteiger partial charge in [-0.15, -0.1) is 37.2 Å². The van der Waals surface area contributed by atoms with Gasteiger partial charge in [0.25, 0.3) is 0 Å². The van der Waals surface area contributed by atoms with Gasteiger partial charge in [-0.25, -0.2) is 0 Å². The number of hydrogen-bond acceptors (Lipinski definition) is 0. The quantitative estimate of drug-likeness (QED) is 0.622. The normalized spacial score (nSPS) is 0. The van der Waals surface area contributed by atoms with Crippen molar-refractivity contribution in [2.24, 2.45) is 0 Å². The van der Waals surface area contributed by atoms with Crippen molar-refractivity contribution in [2.75, 3.05) is 0 Å². The third kappa shape index (κ3) is 9.24. The molecule has 0 saturated heterocycles. The molecule has 0 aromatic rings. The zero-order valence-electron chi connectivity index (χ0n) is 1.63. The third-order valence-electron chi connectivity index (χ3n) is 0. The van der Waals surface area contributed by atoms with Crippen LogP contribution in [0.25, 0.3) is 0 Å². The molecule has 0 aliphatic rings. The average molecular weight is 318 g/mol. The van der Waals surface area contributed by atoms with Crippen molar-refractivity contribution >= 4 is 63.8 Å². The Bertz CT molecular complexity index is 3.25. The first-order valence-corrected chi connectivity index (χ1v) is 0. The largest absolute Gasteiger partial charge is 0.147 e. The molecule has 0 bridgehead atoms. The summed E-state index contributed by atoms with van der Waals surface area (Å²) in [6, 6.07) is 0. The Hall–Kier alpha value is 1.77. The van der Waals surface area contributed by atoms with Crippen LogP contribution in [-0.4, -0.2) is 26.6 Å². The second kappa shape index (κ2) is 21.7. The minimum atomic E-state index is 0. The molecule has 4 heavy (non-hydrogen) atoms. The van der Waals surface area contributed by atoms with Crippen molar-refractivity contribution in [1.82, 2.24) is 0 Å². The molecule has 2 radical (unpaired) electrons. The molecule has 0 nitrogen and oxygen atoms in total. The minimum absolute atomic E-state index is 0. The molecule has 0 saturated carbocycles. The van der Waals surface area contributed by atoms with Gasteiger partial charge >= 0.3 is 0 Å². The van der Waals surface area contributed by atoms with Gasteiger partial charge in [0.2, 0.25) is 0 Å². The van der Waals surface area contributed by atoms with Gasteiger partial charge in [-0.05, 0) is 0 Å². The first kappa shape index (κ1) is 42.0. The van der Waals surface area contributed by atoms with Crippen molar-refractivity contribution in [1.29, 1.82) is 0 Å². The number of hydrogen-bond donors (Lipinski definition) is 0. The molecule has 0 aliphatic carbocycles. The fourth-order valence-electron chi connectivity index (χ4n) is 0. The summed E-state index contributed by atoms with van der Waals surface area (Å²) in [5.74, 6) is 0. The second-order valence-electron chi connectivity index (χ2n) is 0. The summed E-state index contributed by atoms with van der Waals surface area (Å²) in [6.45, 7) is 0. The van der Waals surface area contributed by atoms with Gasteiger partial charge in [-0.2, -0.15) is 0 Å². The molecule has 0 atom stereocenters. The average Bonchev–Trinajstić information content (AvgIpc) is 0. The van der Waals surface area contributed by atoms with Crippen LogP contribution < -0.4 is 0 Å². The van der Waals surface area contributed by atoms with Gasteiger partial charge in [0.1, 0.15) is 0 Å². The van der Waals surface area contributed by atoms with Gasteiger partial charge in [-0.1, -0.05) is 0 Å². The molecular weight excluding hydrogens is 315 g/mol. The zero-order chi connectivity index (χ0) is 0. The van der Waals surface area contributed by atoms with Crippen molar-refractivity contribution in [3.63, 3.8) is 0 Å². The Morgan fingerprint density at radius 1 is 0.500 bits per heavy atom. The van der Waals surface area contributed by atoms with E-state index in [1.165, 1.54) is 0 Å². The fourth-order valence-corrected chi connectivity index (χ4v) is 0. The molecule has 0 unspecified atom stereocenters. The van der Waals surface area contributed by atoms with Gasteiger partial charge in [-0.3, -0.25) is 0 Å². The number of rotatable bonds is 0. The van der Waals surface area contributed by atoms with Gasteiger partial charge < -0.3 is 0 Å². The Kier molecular flexibility index (Phi) is 228. The van der Waals surface area contributed by atoms with Gasteiger partial charge in [0, 0.05) is 26.6 Å². The van der Waals surface area contributed by atoms with Crippen LogP contribution in [0.15, 0.2) is 0 Å². The van der Waals surface area contributed by atoms with E-state index in [1.807, 2.05) is 0 Å². The maximum atomic E-state index is 0. The molecule has 30 valence electrons. The van der Waals surface area contributed by atoms with Crippen LogP contribution in [0.2, 0.25) is 0 Å². The Labute approximate surface area is 63.4 Å². The van der Waals surface area contributed by atoms with E-state index in [4.69, 9.17) is 0 Å². The Morgan fingerprint density at radius 3 is 0.500 bits per heavy atom. The van der Waals surface area contributed by atoms with E-state index >= 15 is 0 Å². The van der Waals surface area contributed by atoms with Crippen LogP contribution in [-0.2, 0) is 0 Å². The molecule has 0 rings (SSSR count). The van der Waals surface area contributed by atoms with Crippen molar-refractivity contribution in [3.05, 3.63) is 0 Å². The third-order valence-corrected chi connectivity index (χ3v) is 0. The molecular formula is H3Cl3Po. The van der Waals surface area contributed by atoms with Crippen LogP contribution in [0.5, 0.6) is 0 Å². The zero-order valence-corrected chi connectivity index (χ0v) is 7.26. The molecule has 4 heteroatoms. The van der Waals surface area contributed by atoms with E-state index in [-0.39, 0.29) is 63.8 Å². The Balaban J connectivity index is 0. The Morgan fingerprint density at radius 2 is 0.500 bits per heavy atom. The van der Waals surface area contributed by atoms with E-state index in [9.17, 15) is 0 Å². The molecule has 0 aliphatic heterocycles. The van der Waals surface area contributed by atoms with Crippen molar-refractivity contribution < 1.29 is 0 Å². The first-order chi connectivity index (χ1) is 0. The van der Waals surface area contributed by atoms with Crippen molar-refractivity contribution in [2.45, 2.75) is 0 Å². The predicted molar refractivity (Wildman–Crippen MR) is 27.5 cm³/mol. The monoisotopic (exact) mass is 317 g/mol. The van der Waals surface area contributed by atoms with Crippen LogP contribution in [0.4, 0.5) is 0 Å². The van der Waals surface area contributed by atoms with Crippen LogP contribution in [0, 0.1) is 0 Å². The summed E-state index contributed by atoms with van der Waals surface area (Å²) in [5.41, 5.74) is 0. The van der Waals surface area contributed by atoms with E-state index in [2.05, 4.69) is 0 Å². The maximum absolute atomic E-state index is 0. The van der Waals surface area contributed by atoms with Crippen molar-refractivity contribution in [3.8, 4) is 0 Å². The summed E-state index contributed by atoms with van der Waals surface area (Å²) in [4.78, 5) is 0. The summed E-state index contributed by atoms with van der Waals surface area (Å²) in [5, 5.41) is 0. The fraction of sp³-hybridized carbons (Fsp3) is 0. The number of halogens is 3. The standard InChI is InChI=1S/3ClH.Po/h3*1H;.